The molecule has 0 atom stereocenters. The van der Waals surface area contributed by atoms with Gasteiger partial charge in [0.25, 0.3) is 0 Å². The first kappa shape index (κ1) is 15.2. The Morgan fingerprint density at radius 1 is 1.30 bits per heavy atom. The Morgan fingerprint density at radius 2 is 1.85 bits per heavy atom. The maximum absolute atomic E-state index is 12.3. The third-order valence-corrected chi connectivity index (χ3v) is 4.11. The topological polar surface area (TPSA) is 60.9 Å². The van der Waals surface area contributed by atoms with Crippen LogP contribution in [0.1, 0.15) is 21.6 Å². The number of carbonyl (C=O) groups is 1. The van der Waals surface area contributed by atoms with Crippen molar-refractivity contribution in [1.82, 2.24) is 9.78 Å². The number of aryl methyl sites for hydroxylation is 2. The summed E-state index contributed by atoms with van der Waals surface area (Å²) in [6.45, 7) is 1.80. The highest BCUT2D eigenvalue weighted by atomic mass is 35.5. The van der Waals surface area contributed by atoms with Gasteiger partial charge in [-0.1, -0.05) is 34.8 Å². The molecular weight excluding hydrogens is 321 g/mol. The molecule has 0 saturated carbocycles. The van der Waals surface area contributed by atoms with Gasteiger partial charge in [-0.15, -0.1) is 0 Å². The molecule has 0 spiro atoms. The molecule has 0 aliphatic rings. The Morgan fingerprint density at radius 3 is 2.30 bits per heavy atom. The molecule has 1 aromatic heterocycles. The number of halogens is 3. The zero-order valence-corrected chi connectivity index (χ0v) is 13.1. The van der Waals surface area contributed by atoms with Crippen molar-refractivity contribution in [2.45, 2.75) is 13.3 Å². The molecule has 0 unspecified atom stereocenters. The highest BCUT2D eigenvalue weighted by Gasteiger charge is 2.17. The van der Waals surface area contributed by atoms with E-state index in [0.29, 0.717) is 16.3 Å². The van der Waals surface area contributed by atoms with Crippen LogP contribution in [-0.2, 0) is 13.5 Å². The van der Waals surface area contributed by atoms with Crippen LogP contribution in [0.2, 0.25) is 15.2 Å². The number of aromatic nitrogens is 2. The molecule has 2 aromatic rings. The maximum Gasteiger partial charge on any atom is 0.167 e. The van der Waals surface area contributed by atoms with E-state index in [1.165, 1.54) is 16.8 Å². The van der Waals surface area contributed by atoms with Gasteiger partial charge in [-0.2, -0.15) is 5.10 Å². The number of nitrogen functional groups attached to an aromatic ring is 1. The summed E-state index contributed by atoms with van der Waals surface area (Å²) in [5.41, 5.74) is 7.72. The van der Waals surface area contributed by atoms with Crippen molar-refractivity contribution in [2.75, 3.05) is 5.73 Å². The quantitative estimate of drug-likeness (QED) is 0.688. The van der Waals surface area contributed by atoms with Crippen LogP contribution in [-0.4, -0.2) is 15.6 Å². The third kappa shape index (κ3) is 2.77. The Balaban J connectivity index is 2.33. The Labute approximate surface area is 131 Å². The lowest BCUT2D eigenvalue weighted by Gasteiger charge is -2.06. The normalized spacial score (nSPS) is 10.8. The van der Waals surface area contributed by atoms with Gasteiger partial charge in [0.05, 0.1) is 21.4 Å². The highest BCUT2D eigenvalue weighted by molar-refractivity contribution is 6.39. The third-order valence-electron chi connectivity index (χ3n) is 3.01. The van der Waals surface area contributed by atoms with Crippen LogP contribution in [0, 0.1) is 6.92 Å². The summed E-state index contributed by atoms with van der Waals surface area (Å²) < 4.78 is 1.53. The van der Waals surface area contributed by atoms with Crippen LogP contribution in [0.4, 0.5) is 5.69 Å². The first-order chi connectivity index (χ1) is 9.31. The number of anilines is 1. The van der Waals surface area contributed by atoms with Crippen molar-refractivity contribution in [1.29, 1.82) is 0 Å². The standard InChI is InChI=1S/C13H12Cl3N3O/c1-6-8(13(16)19(2)18-6)5-11(20)7-3-9(14)12(17)10(15)4-7/h3-4H,5,17H2,1-2H3. The molecule has 0 aliphatic carbocycles. The fourth-order valence-corrected chi connectivity index (χ4v) is 2.61. The van der Waals surface area contributed by atoms with Crippen LogP contribution in [0.5, 0.6) is 0 Å². The zero-order chi connectivity index (χ0) is 15.0. The highest BCUT2D eigenvalue weighted by Crippen LogP contribution is 2.30. The SMILES string of the molecule is Cc1nn(C)c(Cl)c1CC(=O)c1cc(Cl)c(N)c(Cl)c1. The monoisotopic (exact) mass is 331 g/mol. The van der Waals surface area contributed by atoms with E-state index in [1.54, 1.807) is 14.0 Å². The van der Waals surface area contributed by atoms with E-state index in [-0.39, 0.29) is 27.9 Å². The lowest BCUT2D eigenvalue weighted by atomic mass is 10.0. The molecule has 2 rings (SSSR count). The van der Waals surface area contributed by atoms with Crippen LogP contribution in [0.3, 0.4) is 0 Å². The van der Waals surface area contributed by atoms with Gasteiger partial charge in [-0.25, -0.2) is 0 Å². The number of nitrogens with two attached hydrogens (primary N) is 1. The molecule has 0 aliphatic heterocycles. The Kier molecular flexibility index (Phi) is 4.28. The van der Waals surface area contributed by atoms with Crippen molar-refractivity contribution in [3.63, 3.8) is 0 Å². The molecule has 4 nitrogen and oxygen atoms in total. The Hall–Kier alpha value is -1.23. The lowest BCUT2D eigenvalue weighted by molar-refractivity contribution is 0.0993. The molecule has 0 bridgehead atoms. The smallest absolute Gasteiger partial charge is 0.167 e. The molecule has 0 radical (unpaired) electrons. The Bertz CT molecular complexity index is 671. The van der Waals surface area contributed by atoms with Crippen LogP contribution in [0.25, 0.3) is 0 Å². The predicted molar refractivity (Wildman–Crippen MR) is 81.9 cm³/mol. The van der Waals surface area contributed by atoms with Crippen molar-refractivity contribution in [3.8, 4) is 0 Å². The number of benzene rings is 1. The van der Waals surface area contributed by atoms with E-state index in [0.717, 1.165) is 5.69 Å². The molecule has 7 heteroatoms. The molecule has 1 aromatic carbocycles. The van der Waals surface area contributed by atoms with E-state index in [4.69, 9.17) is 40.5 Å². The molecule has 106 valence electrons. The summed E-state index contributed by atoms with van der Waals surface area (Å²) in [6, 6.07) is 3.01. The summed E-state index contributed by atoms with van der Waals surface area (Å²) in [7, 11) is 1.72. The first-order valence-electron chi connectivity index (χ1n) is 5.77. The fourth-order valence-electron chi connectivity index (χ4n) is 1.88. The van der Waals surface area contributed by atoms with Gasteiger partial charge in [0.15, 0.2) is 5.78 Å². The summed E-state index contributed by atoms with van der Waals surface area (Å²) in [6.07, 6.45) is 0.134. The van der Waals surface area contributed by atoms with Crippen LogP contribution >= 0.6 is 34.8 Å². The molecule has 0 fully saturated rings. The zero-order valence-electron chi connectivity index (χ0n) is 10.9. The van der Waals surface area contributed by atoms with Crippen molar-refractivity contribution < 1.29 is 4.79 Å². The van der Waals surface area contributed by atoms with Gasteiger partial charge in [-0.3, -0.25) is 9.48 Å². The number of Topliss-reactive ketones (excluding diaryl/α,β-unsaturated/α-hetero) is 1. The molecule has 2 N–H and O–H groups in total. The van der Waals surface area contributed by atoms with Gasteiger partial charge in [0.2, 0.25) is 0 Å². The van der Waals surface area contributed by atoms with Crippen LogP contribution in [0.15, 0.2) is 12.1 Å². The van der Waals surface area contributed by atoms with E-state index in [2.05, 4.69) is 5.10 Å². The maximum atomic E-state index is 12.3. The van der Waals surface area contributed by atoms with Gasteiger partial charge in [0, 0.05) is 24.6 Å². The van der Waals surface area contributed by atoms with Crippen molar-refractivity contribution >= 4 is 46.3 Å². The minimum absolute atomic E-state index is 0.134. The second kappa shape index (κ2) is 5.64. The number of ketones is 1. The van der Waals surface area contributed by atoms with Crippen LogP contribution < -0.4 is 5.73 Å². The second-order valence-electron chi connectivity index (χ2n) is 4.43. The van der Waals surface area contributed by atoms with E-state index in [9.17, 15) is 4.79 Å². The number of rotatable bonds is 3. The van der Waals surface area contributed by atoms with Crippen molar-refractivity contribution in [2.24, 2.45) is 7.05 Å². The minimum atomic E-state index is -0.146. The second-order valence-corrected chi connectivity index (χ2v) is 5.60. The van der Waals surface area contributed by atoms with Gasteiger partial charge in [-0.05, 0) is 19.1 Å². The molecule has 0 amide bonds. The minimum Gasteiger partial charge on any atom is -0.396 e. The van der Waals surface area contributed by atoms with E-state index in [1.807, 2.05) is 0 Å². The predicted octanol–water partition coefficient (Wildman–Crippen LogP) is 3.70. The summed E-state index contributed by atoms with van der Waals surface area (Å²) >= 11 is 18.0. The van der Waals surface area contributed by atoms with Gasteiger partial charge in [0.1, 0.15) is 5.15 Å². The molecular formula is C13H12Cl3N3O. The van der Waals surface area contributed by atoms with Crippen molar-refractivity contribution in [3.05, 3.63) is 44.2 Å². The van der Waals surface area contributed by atoms with E-state index < -0.39 is 0 Å². The van der Waals surface area contributed by atoms with Gasteiger partial charge < -0.3 is 5.73 Å². The summed E-state index contributed by atoms with van der Waals surface area (Å²) in [4.78, 5) is 12.3. The number of nitrogens with zero attached hydrogens (tertiary/aromatic N) is 2. The van der Waals surface area contributed by atoms with Gasteiger partial charge >= 0.3 is 0 Å². The summed E-state index contributed by atoms with van der Waals surface area (Å²) in [5.74, 6) is -0.146. The molecule has 0 saturated heterocycles. The van der Waals surface area contributed by atoms with E-state index >= 15 is 0 Å². The molecule has 1 heterocycles. The summed E-state index contributed by atoms with van der Waals surface area (Å²) in [5, 5.41) is 5.13. The largest absolute Gasteiger partial charge is 0.396 e. The molecule has 20 heavy (non-hydrogen) atoms. The lowest BCUT2D eigenvalue weighted by Crippen LogP contribution is -2.05. The number of hydrogen-bond donors (Lipinski definition) is 1. The first-order valence-corrected chi connectivity index (χ1v) is 6.90. The number of hydrogen-bond acceptors (Lipinski definition) is 3. The average Bonchev–Trinajstić information content (AvgIpc) is 2.62. The number of carbonyl (C=O) groups excluding carboxylic acids is 1. The average molecular weight is 333 g/mol. The fraction of sp³-hybridized carbons (Fsp3) is 0.231.